The summed E-state index contributed by atoms with van der Waals surface area (Å²) in [6, 6.07) is 24.6. The lowest BCUT2D eigenvalue weighted by Gasteiger charge is -2.17. The van der Waals surface area contributed by atoms with E-state index in [1.54, 1.807) is 31.2 Å². The Balaban J connectivity index is 1.42. The monoisotopic (exact) mass is 371 g/mol. The Morgan fingerprint density at radius 3 is 2.00 bits per heavy atom. The number of ketones is 1. The van der Waals surface area contributed by atoms with Gasteiger partial charge in [0.2, 0.25) is 0 Å². The fourth-order valence-corrected chi connectivity index (χ4v) is 3.73. The number of benzene rings is 3. The predicted molar refractivity (Wildman–Crippen MR) is 108 cm³/mol. The molecule has 0 fully saturated rings. The molecule has 3 aromatic rings. The lowest BCUT2D eigenvalue weighted by molar-refractivity contribution is 0.0929. The van der Waals surface area contributed by atoms with Crippen molar-refractivity contribution < 1.29 is 14.3 Å². The summed E-state index contributed by atoms with van der Waals surface area (Å²) in [5.41, 5.74) is 5.24. The Morgan fingerprint density at radius 2 is 1.39 bits per heavy atom. The second-order valence-corrected chi connectivity index (χ2v) is 6.92. The van der Waals surface area contributed by atoms with Gasteiger partial charge in [0.25, 0.3) is 0 Å². The first-order valence-electron chi connectivity index (χ1n) is 9.36. The Labute approximate surface area is 164 Å². The first-order valence-corrected chi connectivity index (χ1v) is 9.36. The Hall–Kier alpha value is -3.40. The van der Waals surface area contributed by atoms with Gasteiger partial charge in [-0.2, -0.15) is 0 Å². The van der Waals surface area contributed by atoms with Gasteiger partial charge in [0, 0.05) is 11.5 Å². The highest BCUT2D eigenvalue weighted by Crippen LogP contribution is 2.44. The summed E-state index contributed by atoms with van der Waals surface area (Å²) in [5, 5.41) is 2.64. The average molecular weight is 371 g/mol. The number of carbonyl (C=O) groups excluding carboxylic acids is 2. The number of ether oxygens (including phenoxy) is 1. The van der Waals surface area contributed by atoms with E-state index >= 15 is 0 Å². The van der Waals surface area contributed by atoms with Crippen LogP contribution in [-0.2, 0) is 4.74 Å². The lowest BCUT2D eigenvalue weighted by atomic mass is 9.98. The van der Waals surface area contributed by atoms with Crippen molar-refractivity contribution in [2.75, 3.05) is 6.61 Å². The zero-order chi connectivity index (χ0) is 19.5. The molecule has 4 rings (SSSR count). The zero-order valence-electron chi connectivity index (χ0n) is 15.6. The third-order valence-corrected chi connectivity index (χ3v) is 5.13. The SMILES string of the molecule is CC(NC(=O)OCC1c2ccccc2-c2ccccc21)C(=O)c1ccccc1. The number of Topliss-reactive ketones (excluding diaryl/α,β-unsaturated/α-hetero) is 1. The summed E-state index contributed by atoms with van der Waals surface area (Å²) >= 11 is 0. The lowest BCUT2D eigenvalue weighted by Crippen LogP contribution is -2.39. The van der Waals surface area contributed by atoms with Crippen LogP contribution in [0, 0.1) is 0 Å². The van der Waals surface area contributed by atoms with Crippen molar-refractivity contribution in [1.82, 2.24) is 5.32 Å². The minimum Gasteiger partial charge on any atom is -0.449 e. The van der Waals surface area contributed by atoms with Crippen LogP contribution in [0.1, 0.15) is 34.3 Å². The first kappa shape index (κ1) is 18.0. The van der Waals surface area contributed by atoms with Crippen LogP contribution in [0.2, 0.25) is 0 Å². The van der Waals surface area contributed by atoms with Crippen LogP contribution in [0.15, 0.2) is 78.9 Å². The molecule has 1 unspecified atom stereocenters. The molecule has 140 valence electrons. The van der Waals surface area contributed by atoms with E-state index in [4.69, 9.17) is 4.74 Å². The Kier molecular flexibility index (Phi) is 4.94. The van der Waals surface area contributed by atoms with Crippen molar-refractivity contribution in [3.8, 4) is 11.1 Å². The summed E-state index contributed by atoms with van der Waals surface area (Å²) < 4.78 is 5.49. The van der Waals surface area contributed by atoms with Crippen molar-refractivity contribution in [2.24, 2.45) is 0 Å². The average Bonchev–Trinajstić information content (AvgIpc) is 3.06. The minimum atomic E-state index is -0.655. The molecular formula is C24H21NO3. The molecule has 28 heavy (non-hydrogen) atoms. The van der Waals surface area contributed by atoms with E-state index in [-0.39, 0.29) is 18.3 Å². The van der Waals surface area contributed by atoms with Gasteiger partial charge in [-0.25, -0.2) is 4.79 Å². The highest BCUT2D eigenvalue weighted by Gasteiger charge is 2.29. The van der Waals surface area contributed by atoms with Gasteiger partial charge in [-0.05, 0) is 29.2 Å². The molecule has 1 amide bonds. The van der Waals surface area contributed by atoms with Crippen molar-refractivity contribution in [1.29, 1.82) is 0 Å². The quantitative estimate of drug-likeness (QED) is 0.656. The number of alkyl carbamates (subject to hydrolysis) is 1. The van der Waals surface area contributed by atoms with E-state index in [2.05, 4.69) is 29.6 Å². The van der Waals surface area contributed by atoms with E-state index in [9.17, 15) is 9.59 Å². The molecule has 0 bridgehead atoms. The van der Waals surface area contributed by atoms with Crippen molar-refractivity contribution in [3.05, 3.63) is 95.6 Å². The molecule has 1 N–H and O–H groups in total. The molecule has 4 heteroatoms. The second-order valence-electron chi connectivity index (χ2n) is 6.92. The molecule has 0 radical (unpaired) electrons. The highest BCUT2D eigenvalue weighted by atomic mass is 16.5. The van der Waals surface area contributed by atoms with E-state index < -0.39 is 12.1 Å². The van der Waals surface area contributed by atoms with Gasteiger partial charge in [0.1, 0.15) is 6.61 Å². The molecular weight excluding hydrogens is 350 g/mol. The van der Waals surface area contributed by atoms with Gasteiger partial charge in [-0.3, -0.25) is 4.79 Å². The molecule has 0 saturated heterocycles. The van der Waals surface area contributed by atoms with E-state index in [0.29, 0.717) is 5.56 Å². The summed E-state index contributed by atoms with van der Waals surface area (Å²) in [6.45, 7) is 1.89. The number of hydrogen-bond donors (Lipinski definition) is 1. The number of rotatable bonds is 5. The van der Waals surface area contributed by atoms with Crippen molar-refractivity contribution in [2.45, 2.75) is 18.9 Å². The van der Waals surface area contributed by atoms with Gasteiger partial charge in [0.15, 0.2) is 5.78 Å². The van der Waals surface area contributed by atoms with Crippen molar-refractivity contribution >= 4 is 11.9 Å². The standard InChI is InChI=1S/C24H21NO3/c1-16(23(26)17-9-3-2-4-10-17)25-24(27)28-15-22-20-13-7-5-11-18(20)19-12-6-8-14-21(19)22/h2-14,16,22H,15H2,1H3,(H,25,27). The summed E-state index contributed by atoms with van der Waals surface area (Å²) in [5.74, 6) is -0.146. The molecule has 4 nitrogen and oxygen atoms in total. The van der Waals surface area contributed by atoms with Gasteiger partial charge >= 0.3 is 6.09 Å². The van der Waals surface area contributed by atoms with Crippen LogP contribution in [0.3, 0.4) is 0 Å². The second kappa shape index (κ2) is 7.69. The minimum absolute atomic E-state index is 0.00159. The largest absolute Gasteiger partial charge is 0.449 e. The Morgan fingerprint density at radius 1 is 0.857 bits per heavy atom. The van der Waals surface area contributed by atoms with Crippen LogP contribution in [0.25, 0.3) is 11.1 Å². The maximum Gasteiger partial charge on any atom is 0.407 e. The number of fused-ring (bicyclic) bond motifs is 3. The maximum absolute atomic E-state index is 12.4. The van der Waals surface area contributed by atoms with E-state index in [0.717, 1.165) is 11.1 Å². The number of carbonyl (C=O) groups is 2. The fourth-order valence-electron chi connectivity index (χ4n) is 3.73. The fraction of sp³-hybridized carbons (Fsp3) is 0.167. The van der Waals surface area contributed by atoms with Gasteiger partial charge in [-0.1, -0.05) is 78.9 Å². The third-order valence-electron chi connectivity index (χ3n) is 5.13. The topological polar surface area (TPSA) is 55.4 Å². The summed E-state index contributed by atoms with van der Waals surface area (Å²) in [6.07, 6.45) is -0.585. The summed E-state index contributed by atoms with van der Waals surface area (Å²) in [7, 11) is 0. The number of nitrogens with one attached hydrogen (secondary N) is 1. The van der Waals surface area contributed by atoms with Crippen LogP contribution >= 0.6 is 0 Å². The van der Waals surface area contributed by atoms with Crippen LogP contribution in [0.5, 0.6) is 0 Å². The van der Waals surface area contributed by atoms with Gasteiger partial charge in [0.05, 0.1) is 6.04 Å². The molecule has 1 aliphatic carbocycles. The third kappa shape index (κ3) is 3.41. The molecule has 3 aromatic carbocycles. The van der Waals surface area contributed by atoms with Crippen LogP contribution in [-0.4, -0.2) is 24.5 Å². The number of amides is 1. The molecule has 0 aromatic heterocycles. The first-order chi connectivity index (χ1) is 13.6. The van der Waals surface area contributed by atoms with Gasteiger partial charge < -0.3 is 10.1 Å². The molecule has 0 heterocycles. The zero-order valence-corrected chi connectivity index (χ0v) is 15.6. The van der Waals surface area contributed by atoms with Crippen molar-refractivity contribution in [3.63, 3.8) is 0 Å². The van der Waals surface area contributed by atoms with E-state index in [1.165, 1.54) is 11.1 Å². The predicted octanol–water partition coefficient (Wildman–Crippen LogP) is 4.80. The van der Waals surface area contributed by atoms with Crippen LogP contribution in [0.4, 0.5) is 4.79 Å². The molecule has 1 atom stereocenters. The van der Waals surface area contributed by atoms with E-state index in [1.807, 2.05) is 30.3 Å². The Bertz CT molecular complexity index is 968. The molecule has 1 aliphatic rings. The van der Waals surface area contributed by atoms with Crippen LogP contribution < -0.4 is 5.32 Å². The molecule has 0 saturated carbocycles. The molecule has 0 spiro atoms. The molecule has 0 aliphatic heterocycles. The van der Waals surface area contributed by atoms with Gasteiger partial charge in [-0.15, -0.1) is 0 Å². The number of hydrogen-bond acceptors (Lipinski definition) is 3. The normalized spacial score (nSPS) is 13.3. The maximum atomic E-state index is 12.4. The highest BCUT2D eigenvalue weighted by molar-refractivity contribution is 6.01. The smallest absolute Gasteiger partial charge is 0.407 e. The summed E-state index contributed by atoms with van der Waals surface area (Å²) in [4.78, 5) is 24.7.